The van der Waals surface area contributed by atoms with Gasteiger partial charge in [-0.15, -0.1) is 0 Å². The molecule has 1 aliphatic rings. The van der Waals surface area contributed by atoms with E-state index in [1.807, 2.05) is 29.2 Å². The molecular weight excluding hydrogens is 374 g/mol. The highest BCUT2D eigenvalue weighted by Crippen LogP contribution is 2.31. The lowest BCUT2D eigenvalue weighted by molar-refractivity contribution is -0.133. The largest absolute Gasteiger partial charge is 0.497 e. The minimum atomic E-state index is -3.46. The van der Waals surface area contributed by atoms with Gasteiger partial charge in [0.25, 0.3) is 0 Å². The van der Waals surface area contributed by atoms with Crippen LogP contribution in [0.15, 0.2) is 59.5 Å². The summed E-state index contributed by atoms with van der Waals surface area (Å²) in [4.78, 5) is 15.1. The Morgan fingerprint density at radius 1 is 1.04 bits per heavy atom. The van der Waals surface area contributed by atoms with Crippen molar-refractivity contribution < 1.29 is 17.9 Å². The monoisotopic (exact) mass is 401 g/mol. The number of carbonyl (C=O) groups excluding carboxylic acids is 1. The van der Waals surface area contributed by atoms with Gasteiger partial charge >= 0.3 is 0 Å². The first-order valence-corrected chi connectivity index (χ1v) is 11.4. The van der Waals surface area contributed by atoms with Gasteiger partial charge in [-0.25, -0.2) is 8.42 Å². The Labute approximate surface area is 167 Å². The molecule has 0 aromatic heterocycles. The average molecular weight is 402 g/mol. The number of rotatable bonds is 6. The molecule has 1 saturated heterocycles. The highest BCUT2D eigenvalue weighted by molar-refractivity contribution is 7.91. The van der Waals surface area contributed by atoms with Crippen LogP contribution in [0, 0.1) is 0 Å². The van der Waals surface area contributed by atoms with Crippen molar-refractivity contribution in [2.75, 3.05) is 19.4 Å². The molecule has 0 saturated carbocycles. The summed E-state index contributed by atoms with van der Waals surface area (Å²) < 4.78 is 30.3. The topological polar surface area (TPSA) is 63.7 Å². The summed E-state index contributed by atoms with van der Waals surface area (Å²) >= 11 is 0. The molecule has 1 heterocycles. The van der Waals surface area contributed by atoms with E-state index in [4.69, 9.17) is 4.74 Å². The zero-order valence-corrected chi connectivity index (χ0v) is 17.0. The fraction of sp³-hybridized carbons (Fsp3) is 0.409. The molecule has 6 heteroatoms. The maximum absolute atomic E-state index is 13.0. The van der Waals surface area contributed by atoms with Crippen LogP contribution in [0.3, 0.4) is 0 Å². The lowest BCUT2D eigenvalue weighted by atomic mass is 10.0. The van der Waals surface area contributed by atoms with Crippen molar-refractivity contribution >= 4 is 15.7 Å². The van der Waals surface area contributed by atoms with Gasteiger partial charge in [0.15, 0.2) is 9.84 Å². The maximum Gasteiger partial charge on any atom is 0.224 e. The van der Waals surface area contributed by atoms with Crippen molar-refractivity contribution in [3.05, 3.63) is 60.2 Å². The van der Waals surface area contributed by atoms with Crippen LogP contribution < -0.4 is 4.74 Å². The van der Waals surface area contributed by atoms with E-state index in [2.05, 4.69) is 0 Å². The van der Waals surface area contributed by atoms with Crippen LogP contribution in [-0.4, -0.2) is 38.6 Å². The normalized spacial score (nSPS) is 17.8. The van der Waals surface area contributed by atoms with Gasteiger partial charge in [0, 0.05) is 13.0 Å². The first-order valence-electron chi connectivity index (χ1n) is 9.72. The molecule has 1 amide bonds. The number of carbonyl (C=O) groups is 1. The molecule has 1 atom stereocenters. The second-order valence-corrected chi connectivity index (χ2v) is 9.22. The molecule has 2 aromatic carbocycles. The van der Waals surface area contributed by atoms with Crippen molar-refractivity contribution in [2.45, 2.75) is 43.0 Å². The van der Waals surface area contributed by atoms with E-state index in [1.54, 1.807) is 37.4 Å². The first-order chi connectivity index (χ1) is 13.5. The lowest BCUT2D eigenvalue weighted by Gasteiger charge is -2.30. The predicted molar refractivity (Wildman–Crippen MR) is 109 cm³/mol. The molecule has 0 N–H and O–H groups in total. The summed E-state index contributed by atoms with van der Waals surface area (Å²) in [5.74, 6) is 0.522. The van der Waals surface area contributed by atoms with Gasteiger partial charge in [-0.3, -0.25) is 4.79 Å². The summed E-state index contributed by atoms with van der Waals surface area (Å²) in [6, 6.07) is 16.1. The molecule has 1 fully saturated rings. The Balaban J connectivity index is 1.73. The van der Waals surface area contributed by atoms with Crippen LogP contribution in [0.1, 0.15) is 43.7 Å². The summed E-state index contributed by atoms with van der Waals surface area (Å²) in [6.07, 6.45) is 3.98. The first kappa shape index (κ1) is 20.4. The fourth-order valence-corrected chi connectivity index (χ4v) is 4.94. The number of sulfone groups is 1. The molecule has 0 radical (unpaired) electrons. The lowest BCUT2D eigenvalue weighted by Crippen LogP contribution is -2.35. The van der Waals surface area contributed by atoms with E-state index in [1.165, 1.54) is 0 Å². The van der Waals surface area contributed by atoms with Crippen LogP contribution >= 0.6 is 0 Å². The van der Waals surface area contributed by atoms with Crippen molar-refractivity contribution in [1.82, 2.24) is 4.90 Å². The maximum atomic E-state index is 13.0. The van der Waals surface area contributed by atoms with Gasteiger partial charge in [0.1, 0.15) is 5.75 Å². The molecule has 150 valence electrons. The van der Waals surface area contributed by atoms with Crippen LogP contribution in [-0.2, 0) is 14.6 Å². The number of ether oxygens (including phenoxy) is 1. The van der Waals surface area contributed by atoms with Gasteiger partial charge in [0.2, 0.25) is 5.91 Å². The van der Waals surface area contributed by atoms with Gasteiger partial charge < -0.3 is 9.64 Å². The molecule has 0 unspecified atom stereocenters. The highest BCUT2D eigenvalue weighted by atomic mass is 32.2. The van der Waals surface area contributed by atoms with Crippen molar-refractivity contribution in [2.24, 2.45) is 0 Å². The summed E-state index contributed by atoms with van der Waals surface area (Å²) in [7, 11) is -1.83. The summed E-state index contributed by atoms with van der Waals surface area (Å²) in [5, 5.41) is 0. The second-order valence-electron chi connectivity index (χ2n) is 7.11. The minimum Gasteiger partial charge on any atom is -0.497 e. The average Bonchev–Trinajstić information content (AvgIpc) is 2.99. The predicted octanol–water partition coefficient (Wildman–Crippen LogP) is 4.00. The number of benzene rings is 2. The summed E-state index contributed by atoms with van der Waals surface area (Å²) in [6.45, 7) is 0.668. The van der Waals surface area contributed by atoms with E-state index < -0.39 is 9.84 Å². The number of hydrogen-bond donors (Lipinski definition) is 0. The second kappa shape index (κ2) is 9.24. The molecule has 5 nitrogen and oxygen atoms in total. The zero-order valence-electron chi connectivity index (χ0n) is 16.2. The van der Waals surface area contributed by atoms with Crippen LogP contribution in [0.4, 0.5) is 0 Å². The third kappa shape index (κ3) is 4.93. The molecular formula is C22H27NO4S. The van der Waals surface area contributed by atoms with Crippen LogP contribution in [0.25, 0.3) is 0 Å². The van der Waals surface area contributed by atoms with Crippen molar-refractivity contribution in [3.8, 4) is 5.75 Å². The van der Waals surface area contributed by atoms with Gasteiger partial charge in [-0.2, -0.15) is 0 Å². The van der Waals surface area contributed by atoms with E-state index in [0.717, 1.165) is 37.0 Å². The smallest absolute Gasteiger partial charge is 0.224 e. The number of amides is 1. The minimum absolute atomic E-state index is 0.00385. The summed E-state index contributed by atoms with van der Waals surface area (Å²) in [5.41, 5.74) is 1.07. The third-order valence-corrected chi connectivity index (χ3v) is 6.99. The molecule has 1 aliphatic heterocycles. The Morgan fingerprint density at radius 3 is 2.43 bits per heavy atom. The van der Waals surface area contributed by atoms with Gasteiger partial charge in [0.05, 0.1) is 23.8 Å². The quantitative estimate of drug-likeness (QED) is 0.734. The molecule has 0 aliphatic carbocycles. The van der Waals surface area contributed by atoms with Crippen LogP contribution in [0.5, 0.6) is 5.75 Å². The Kier molecular flexibility index (Phi) is 6.73. The Morgan fingerprint density at radius 2 is 1.75 bits per heavy atom. The third-order valence-electron chi connectivity index (χ3n) is 5.26. The number of hydrogen-bond acceptors (Lipinski definition) is 4. The van der Waals surface area contributed by atoms with Gasteiger partial charge in [-0.1, -0.05) is 43.2 Å². The molecule has 2 aromatic rings. The van der Waals surface area contributed by atoms with Crippen molar-refractivity contribution in [1.29, 1.82) is 0 Å². The number of likely N-dealkylation sites (tertiary alicyclic amines) is 1. The van der Waals surface area contributed by atoms with E-state index in [0.29, 0.717) is 6.54 Å². The van der Waals surface area contributed by atoms with E-state index in [-0.39, 0.29) is 29.0 Å². The SMILES string of the molecule is COc1ccc([C@H]2CCCCCN2C(=O)CCS(=O)(=O)c2ccccc2)cc1. The fourth-order valence-electron chi connectivity index (χ4n) is 3.69. The highest BCUT2D eigenvalue weighted by Gasteiger charge is 2.28. The standard InChI is InChI=1S/C22H27NO4S/c1-27-19-13-11-18(12-14-19)21-10-6-3-7-16-23(21)22(24)15-17-28(25,26)20-8-4-2-5-9-20/h2,4-5,8-9,11-14,21H,3,6-7,10,15-17H2,1H3/t21-/m1/s1. The molecule has 0 bridgehead atoms. The molecule has 28 heavy (non-hydrogen) atoms. The van der Waals surface area contributed by atoms with Gasteiger partial charge in [-0.05, 0) is 42.7 Å². The zero-order chi connectivity index (χ0) is 20.0. The Bertz CT molecular complexity index is 879. The van der Waals surface area contributed by atoms with Crippen molar-refractivity contribution in [3.63, 3.8) is 0 Å². The molecule has 0 spiro atoms. The Hall–Kier alpha value is -2.34. The number of methoxy groups -OCH3 is 1. The van der Waals surface area contributed by atoms with Crippen LogP contribution in [0.2, 0.25) is 0 Å². The van der Waals surface area contributed by atoms with E-state index in [9.17, 15) is 13.2 Å². The van der Waals surface area contributed by atoms with E-state index >= 15 is 0 Å². The molecule has 3 rings (SSSR count). The number of nitrogens with zero attached hydrogens (tertiary/aromatic N) is 1.